The normalized spacial score (nSPS) is 24.5. The van der Waals surface area contributed by atoms with Crippen molar-refractivity contribution in [3.8, 4) is 0 Å². The summed E-state index contributed by atoms with van der Waals surface area (Å²) in [7, 11) is -1.67. The van der Waals surface area contributed by atoms with Crippen LogP contribution in [0, 0.1) is 0 Å². The number of benzene rings is 1. The highest BCUT2D eigenvalue weighted by Gasteiger charge is 2.50. The fourth-order valence-corrected chi connectivity index (χ4v) is 3.18. The van der Waals surface area contributed by atoms with E-state index >= 15 is 0 Å². The zero-order chi connectivity index (χ0) is 17.8. The van der Waals surface area contributed by atoms with Crippen molar-refractivity contribution in [2.45, 2.75) is 64.1 Å². The van der Waals surface area contributed by atoms with Crippen LogP contribution in [0.3, 0.4) is 0 Å². The molecule has 0 N–H and O–H groups in total. The second kappa shape index (κ2) is 7.52. The third-order valence-electron chi connectivity index (χ3n) is 5.15. The molecule has 4 heteroatoms. The standard InChI is InChI=1S/C20H32O3Si/c1-19(2,3)24(5,6)22-14-10-13-20(4)18(23-20)16-21-15-17-11-8-7-9-12-17/h7-13,18H,14-16H2,1-6H3/b13-10-/t18-,20+/m1/s1. The number of rotatable bonds is 8. The number of hydrogen-bond acceptors (Lipinski definition) is 3. The SMILES string of the molecule is CC(C)(C)[Si](C)(C)OC/C=C\[C@]1(C)O[C@@H]1COCc1ccccc1. The molecular weight excluding hydrogens is 316 g/mol. The topological polar surface area (TPSA) is 31.0 Å². The average molecular weight is 349 g/mol. The van der Waals surface area contributed by atoms with E-state index in [4.69, 9.17) is 13.9 Å². The van der Waals surface area contributed by atoms with Gasteiger partial charge in [-0.15, -0.1) is 0 Å². The van der Waals surface area contributed by atoms with Crippen LogP contribution in [0.1, 0.15) is 33.3 Å². The maximum absolute atomic E-state index is 6.16. The molecule has 1 aromatic rings. The minimum Gasteiger partial charge on any atom is -0.413 e. The van der Waals surface area contributed by atoms with Crippen LogP contribution in [0.5, 0.6) is 0 Å². The highest BCUT2D eigenvalue weighted by molar-refractivity contribution is 6.74. The summed E-state index contributed by atoms with van der Waals surface area (Å²) in [6.07, 6.45) is 4.36. The summed E-state index contributed by atoms with van der Waals surface area (Å²) in [6, 6.07) is 10.2. The van der Waals surface area contributed by atoms with Gasteiger partial charge in [0.1, 0.15) is 11.7 Å². The Labute approximate surface area is 148 Å². The molecule has 1 heterocycles. The molecule has 1 aliphatic rings. The summed E-state index contributed by atoms with van der Waals surface area (Å²) in [5.74, 6) is 0. The van der Waals surface area contributed by atoms with E-state index in [0.29, 0.717) is 19.8 Å². The van der Waals surface area contributed by atoms with E-state index in [9.17, 15) is 0 Å². The second-order valence-electron chi connectivity index (χ2n) is 8.26. The summed E-state index contributed by atoms with van der Waals surface area (Å²) in [4.78, 5) is 0. The van der Waals surface area contributed by atoms with E-state index in [1.165, 1.54) is 5.56 Å². The molecule has 2 atom stereocenters. The van der Waals surface area contributed by atoms with Crippen LogP contribution in [0.25, 0.3) is 0 Å². The molecule has 134 valence electrons. The van der Waals surface area contributed by atoms with Gasteiger partial charge < -0.3 is 13.9 Å². The predicted molar refractivity (Wildman–Crippen MR) is 102 cm³/mol. The summed E-state index contributed by atoms with van der Waals surface area (Å²) < 4.78 is 17.7. The smallest absolute Gasteiger partial charge is 0.192 e. The zero-order valence-corrected chi connectivity index (χ0v) is 17.0. The number of epoxide rings is 1. The highest BCUT2D eigenvalue weighted by Crippen LogP contribution is 2.38. The molecule has 1 saturated heterocycles. The predicted octanol–water partition coefficient (Wildman–Crippen LogP) is 4.94. The van der Waals surface area contributed by atoms with Crippen molar-refractivity contribution in [2.24, 2.45) is 0 Å². The van der Waals surface area contributed by atoms with Crippen LogP contribution in [-0.2, 0) is 20.5 Å². The van der Waals surface area contributed by atoms with Gasteiger partial charge in [-0.1, -0.05) is 63.3 Å². The number of ether oxygens (including phenoxy) is 2. The van der Waals surface area contributed by atoms with Gasteiger partial charge in [0.2, 0.25) is 0 Å². The molecule has 2 rings (SSSR count). The Morgan fingerprint density at radius 2 is 1.88 bits per heavy atom. The third-order valence-corrected chi connectivity index (χ3v) is 9.66. The lowest BCUT2D eigenvalue weighted by molar-refractivity contribution is 0.104. The maximum atomic E-state index is 6.16. The van der Waals surface area contributed by atoms with Crippen molar-refractivity contribution in [1.82, 2.24) is 0 Å². The highest BCUT2D eigenvalue weighted by atomic mass is 28.4. The Morgan fingerprint density at radius 3 is 2.50 bits per heavy atom. The lowest BCUT2D eigenvalue weighted by Crippen LogP contribution is -2.40. The van der Waals surface area contributed by atoms with Gasteiger partial charge in [-0.05, 0) is 30.6 Å². The molecule has 1 aliphatic heterocycles. The van der Waals surface area contributed by atoms with E-state index in [0.717, 1.165) is 0 Å². The van der Waals surface area contributed by atoms with E-state index < -0.39 is 8.32 Å². The lowest BCUT2D eigenvalue weighted by atomic mass is 10.1. The molecule has 0 bridgehead atoms. The van der Waals surface area contributed by atoms with Gasteiger partial charge in [0.05, 0.1) is 19.8 Å². The van der Waals surface area contributed by atoms with Crippen molar-refractivity contribution >= 4 is 8.32 Å². The summed E-state index contributed by atoms with van der Waals surface area (Å²) in [6.45, 7) is 15.3. The Bertz CT molecular complexity index is 548. The first-order chi connectivity index (χ1) is 11.1. The molecule has 3 nitrogen and oxygen atoms in total. The van der Waals surface area contributed by atoms with Crippen LogP contribution >= 0.6 is 0 Å². The van der Waals surface area contributed by atoms with Crippen molar-refractivity contribution < 1.29 is 13.9 Å². The average Bonchev–Trinajstić information content (AvgIpc) is 3.14. The van der Waals surface area contributed by atoms with E-state index in [1.807, 2.05) is 18.2 Å². The molecule has 0 aliphatic carbocycles. The first kappa shape index (κ1) is 19.4. The molecule has 0 radical (unpaired) electrons. The first-order valence-corrected chi connectivity index (χ1v) is 11.7. The first-order valence-electron chi connectivity index (χ1n) is 8.75. The Kier molecular flexibility index (Phi) is 6.08. The van der Waals surface area contributed by atoms with Crippen LogP contribution < -0.4 is 0 Å². The maximum Gasteiger partial charge on any atom is 0.192 e. The van der Waals surface area contributed by atoms with Crippen molar-refractivity contribution in [2.75, 3.05) is 13.2 Å². The van der Waals surface area contributed by atoms with Crippen LogP contribution in [0.4, 0.5) is 0 Å². The molecule has 0 saturated carbocycles. The number of hydrogen-bond donors (Lipinski definition) is 0. The van der Waals surface area contributed by atoms with Gasteiger partial charge in [0, 0.05) is 0 Å². The van der Waals surface area contributed by atoms with Gasteiger partial charge in [-0.3, -0.25) is 0 Å². The minimum absolute atomic E-state index is 0.144. The quantitative estimate of drug-likeness (QED) is 0.379. The summed E-state index contributed by atoms with van der Waals surface area (Å²) in [5.41, 5.74) is 0.992. The van der Waals surface area contributed by atoms with Gasteiger partial charge >= 0.3 is 0 Å². The van der Waals surface area contributed by atoms with Crippen LogP contribution in [-0.4, -0.2) is 33.2 Å². The summed E-state index contributed by atoms with van der Waals surface area (Å²) >= 11 is 0. The van der Waals surface area contributed by atoms with E-state index in [1.54, 1.807) is 0 Å². The monoisotopic (exact) mass is 348 g/mol. The van der Waals surface area contributed by atoms with Gasteiger partial charge in [0.25, 0.3) is 0 Å². The largest absolute Gasteiger partial charge is 0.413 e. The third kappa shape index (κ3) is 5.28. The molecule has 1 aromatic carbocycles. The molecule has 0 unspecified atom stereocenters. The Morgan fingerprint density at radius 1 is 1.21 bits per heavy atom. The fraction of sp³-hybridized carbons (Fsp3) is 0.600. The minimum atomic E-state index is -1.67. The molecule has 1 fully saturated rings. The van der Waals surface area contributed by atoms with Crippen LogP contribution in [0.15, 0.2) is 42.5 Å². The molecule has 0 aromatic heterocycles. The molecule has 0 spiro atoms. The van der Waals surface area contributed by atoms with E-state index in [2.05, 4.69) is 65.1 Å². The van der Waals surface area contributed by atoms with E-state index in [-0.39, 0.29) is 16.7 Å². The van der Waals surface area contributed by atoms with Gasteiger partial charge in [-0.25, -0.2) is 0 Å². The van der Waals surface area contributed by atoms with Crippen molar-refractivity contribution in [1.29, 1.82) is 0 Å². The second-order valence-corrected chi connectivity index (χ2v) is 13.1. The van der Waals surface area contributed by atoms with Crippen molar-refractivity contribution in [3.05, 3.63) is 48.0 Å². The molecular formula is C20H32O3Si. The fourth-order valence-electron chi connectivity index (χ4n) is 2.23. The zero-order valence-electron chi connectivity index (χ0n) is 16.0. The Hall–Kier alpha value is -0.943. The van der Waals surface area contributed by atoms with Gasteiger partial charge in [-0.2, -0.15) is 0 Å². The van der Waals surface area contributed by atoms with Crippen molar-refractivity contribution in [3.63, 3.8) is 0 Å². The summed E-state index contributed by atoms with van der Waals surface area (Å²) in [5, 5.41) is 0.245. The molecule has 24 heavy (non-hydrogen) atoms. The Balaban J connectivity index is 1.68. The van der Waals surface area contributed by atoms with Gasteiger partial charge in [0.15, 0.2) is 8.32 Å². The lowest BCUT2D eigenvalue weighted by Gasteiger charge is -2.35. The molecule has 0 amide bonds. The van der Waals surface area contributed by atoms with Crippen LogP contribution in [0.2, 0.25) is 18.1 Å².